The largest absolute Gasteiger partial charge is 0.300 e. The zero-order valence-electron chi connectivity index (χ0n) is 7.53. The van der Waals surface area contributed by atoms with Gasteiger partial charge in [0.1, 0.15) is 11.6 Å². The first kappa shape index (κ1) is 10.2. The predicted molar refractivity (Wildman–Crippen MR) is 50.5 cm³/mol. The SMILES string of the molecule is CC(=O)Cc1ccc(Cl)c(F)c1C. The Labute approximate surface area is 81.5 Å². The molecule has 0 unspecified atom stereocenters. The quantitative estimate of drug-likeness (QED) is 0.718. The van der Waals surface area contributed by atoms with Gasteiger partial charge in [0.2, 0.25) is 0 Å². The van der Waals surface area contributed by atoms with Gasteiger partial charge in [-0.3, -0.25) is 4.79 Å². The third-order valence-corrected chi connectivity index (χ3v) is 2.18. The molecule has 0 aliphatic carbocycles. The van der Waals surface area contributed by atoms with E-state index in [1.165, 1.54) is 13.0 Å². The van der Waals surface area contributed by atoms with Crippen LogP contribution < -0.4 is 0 Å². The molecule has 0 heterocycles. The number of benzene rings is 1. The number of hydrogen-bond donors (Lipinski definition) is 0. The van der Waals surface area contributed by atoms with E-state index in [9.17, 15) is 9.18 Å². The van der Waals surface area contributed by atoms with E-state index < -0.39 is 5.82 Å². The second-order valence-electron chi connectivity index (χ2n) is 3.02. The van der Waals surface area contributed by atoms with E-state index in [4.69, 9.17) is 11.6 Å². The topological polar surface area (TPSA) is 17.1 Å². The zero-order valence-corrected chi connectivity index (χ0v) is 8.28. The Balaban J connectivity index is 3.10. The van der Waals surface area contributed by atoms with Crippen LogP contribution in [0.5, 0.6) is 0 Å². The summed E-state index contributed by atoms with van der Waals surface area (Å²) in [5, 5.41) is 0.102. The molecule has 0 fully saturated rings. The van der Waals surface area contributed by atoms with Gasteiger partial charge < -0.3 is 0 Å². The van der Waals surface area contributed by atoms with E-state index in [2.05, 4.69) is 0 Å². The summed E-state index contributed by atoms with van der Waals surface area (Å²) in [5.41, 5.74) is 1.16. The summed E-state index contributed by atoms with van der Waals surface area (Å²) >= 11 is 5.56. The van der Waals surface area contributed by atoms with Crippen molar-refractivity contribution in [3.05, 3.63) is 34.1 Å². The molecule has 0 spiro atoms. The number of rotatable bonds is 2. The predicted octanol–water partition coefficient (Wildman–Crippen LogP) is 2.92. The molecule has 1 nitrogen and oxygen atoms in total. The van der Waals surface area contributed by atoms with Gasteiger partial charge in [0.05, 0.1) is 5.02 Å². The normalized spacial score (nSPS) is 10.2. The minimum Gasteiger partial charge on any atom is -0.300 e. The van der Waals surface area contributed by atoms with Crippen LogP contribution in [0.15, 0.2) is 12.1 Å². The van der Waals surface area contributed by atoms with Crippen LogP contribution >= 0.6 is 11.6 Å². The van der Waals surface area contributed by atoms with Crippen LogP contribution in [0.4, 0.5) is 4.39 Å². The summed E-state index contributed by atoms with van der Waals surface area (Å²) in [5.74, 6) is -0.412. The van der Waals surface area contributed by atoms with Crippen molar-refractivity contribution in [3.8, 4) is 0 Å². The van der Waals surface area contributed by atoms with Crippen LogP contribution in [0.2, 0.25) is 5.02 Å². The molecule has 0 amide bonds. The Morgan fingerprint density at radius 2 is 2.15 bits per heavy atom. The van der Waals surface area contributed by atoms with Crippen molar-refractivity contribution in [1.29, 1.82) is 0 Å². The molecule has 1 rings (SSSR count). The zero-order chi connectivity index (χ0) is 10.0. The maximum absolute atomic E-state index is 13.2. The second-order valence-corrected chi connectivity index (χ2v) is 3.43. The van der Waals surface area contributed by atoms with Crippen molar-refractivity contribution >= 4 is 17.4 Å². The highest BCUT2D eigenvalue weighted by Crippen LogP contribution is 2.21. The molecule has 1 aromatic rings. The number of carbonyl (C=O) groups is 1. The third kappa shape index (κ3) is 2.28. The number of hydrogen-bond acceptors (Lipinski definition) is 1. The standard InChI is InChI=1S/C10H10ClFO/c1-6(13)5-8-3-4-9(11)10(12)7(8)2/h3-4H,5H2,1-2H3. The van der Waals surface area contributed by atoms with E-state index in [1.807, 2.05) is 0 Å². The maximum atomic E-state index is 13.2. The van der Waals surface area contributed by atoms with Crippen molar-refractivity contribution in [2.75, 3.05) is 0 Å². The summed E-state index contributed by atoms with van der Waals surface area (Å²) in [6.45, 7) is 3.10. The average Bonchev–Trinajstić information content (AvgIpc) is 2.06. The molecule has 0 radical (unpaired) electrons. The third-order valence-electron chi connectivity index (χ3n) is 1.89. The summed E-state index contributed by atoms with van der Waals surface area (Å²) in [7, 11) is 0. The minimum absolute atomic E-state index is 0.0184. The highest BCUT2D eigenvalue weighted by Gasteiger charge is 2.08. The summed E-state index contributed by atoms with van der Waals surface area (Å²) in [4.78, 5) is 10.8. The fourth-order valence-electron chi connectivity index (χ4n) is 1.15. The first-order chi connectivity index (χ1) is 6.02. The molecule has 0 aliphatic heterocycles. The molecular weight excluding hydrogens is 191 g/mol. The Hall–Kier alpha value is -0.890. The molecule has 0 saturated heterocycles. The summed E-state index contributed by atoms with van der Waals surface area (Å²) in [6.07, 6.45) is 0.264. The van der Waals surface area contributed by atoms with Gasteiger partial charge in [-0.1, -0.05) is 17.7 Å². The highest BCUT2D eigenvalue weighted by atomic mass is 35.5. The first-order valence-corrected chi connectivity index (χ1v) is 4.33. The Morgan fingerprint density at radius 1 is 1.54 bits per heavy atom. The summed E-state index contributed by atoms with van der Waals surface area (Å²) in [6, 6.07) is 3.16. The van der Waals surface area contributed by atoms with E-state index in [-0.39, 0.29) is 17.2 Å². The van der Waals surface area contributed by atoms with E-state index in [0.717, 1.165) is 0 Å². The number of carbonyl (C=O) groups excluding carboxylic acids is 1. The van der Waals surface area contributed by atoms with Gasteiger partial charge in [-0.15, -0.1) is 0 Å². The molecule has 3 heteroatoms. The first-order valence-electron chi connectivity index (χ1n) is 3.95. The average molecular weight is 201 g/mol. The van der Waals surface area contributed by atoms with Gasteiger partial charge >= 0.3 is 0 Å². The molecule has 70 valence electrons. The molecule has 0 saturated carbocycles. The molecule has 0 N–H and O–H groups in total. The smallest absolute Gasteiger partial charge is 0.144 e. The van der Waals surface area contributed by atoms with Gasteiger partial charge in [-0.2, -0.15) is 0 Å². The van der Waals surface area contributed by atoms with Gasteiger partial charge in [0, 0.05) is 6.42 Å². The van der Waals surface area contributed by atoms with Crippen molar-refractivity contribution in [2.45, 2.75) is 20.3 Å². The lowest BCUT2D eigenvalue weighted by Gasteiger charge is -2.05. The fourth-order valence-corrected chi connectivity index (χ4v) is 1.36. The Morgan fingerprint density at radius 3 is 2.69 bits per heavy atom. The lowest BCUT2D eigenvalue weighted by atomic mass is 10.0. The van der Waals surface area contributed by atoms with Gasteiger partial charge in [0.15, 0.2) is 0 Å². The Bertz CT molecular complexity index is 347. The minimum atomic E-state index is -0.430. The van der Waals surface area contributed by atoms with E-state index in [1.54, 1.807) is 13.0 Å². The van der Waals surface area contributed by atoms with Crippen molar-refractivity contribution < 1.29 is 9.18 Å². The second kappa shape index (κ2) is 3.88. The number of Topliss-reactive ketones (excluding diaryl/α,β-unsaturated/α-hetero) is 1. The summed E-state index contributed by atoms with van der Waals surface area (Å²) < 4.78 is 13.2. The fraction of sp³-hybridized carbons (Fsp3) is 0.300. The van der Waals surface area contributed by atoms with Gasteiger partial charge in [-0.05, 0) is 31.0 Å². The van der Waals surface area contributed by atoms with Gasteiger partial charge in [-0.25, -0.2) is 4.39 Å². The molecule has 0 bridgehead atoms. The van der Waals surface area contributed by atoms with Crippen LogP contribution in [0.25, 0.3) is 0 Å². The molecule has 0 aromatic heterocycles. The highest BCUT2D eigenvalue weighted by molar-refractivity contribution is 6.30. The van der Waals surface area contributed by atoms with Crippen molar-refractivity contribution in [3.63, 3.8) is 0 Å². The van der Waals surface area contributed by atoms with E-state index in [0.29, 0.717) is 11.1 Å². The molecule has 1 aromatic carbocycles. The number of ketones is 1. The lowest BCUT2D eigenvalue weighted by Crippen LogP contribution is -2.00. The van der Waals surface area contributed by atoms with Crippen LogP contribution in [0, 0.1) is 12.7 Å². The van der Waals surface area contributed by atoms with Crippen LogP contribution in [-0.2, 0) is 11.2 Å². The Kier molecular flexibility index (Phi) is 3.04. The lowest BCUT2D eigenvalue weighted by molar-refractivity contribution is -0.116. The van der Waals surface area contributed by atoms with Crippen molar-refractivity contribution in [2.24, 2.45) is 0 Å². The number of halogens is 2. The van der Waals surface area contributed by atoms with Crippen LogP contribution in [0.1, 0.15) is 18.1 Å². The molecule has 0 atom stereocenters. The van der Waals surface area contributed by atoms with Crippen molar-refractivity contribution in [1.82, 2.24) is 0 Å². The molecule has 13 heavy (non-hydrogen) atoms. The van der Waals surface area contributed by atoms with Crippen LogP contribution in [0.3, 0.4) is 0 Å². The van der Waals surface area contributed by atoms with Crippen LogP contribution in [-0.4, -0.2) is 5.78 Å². The molecule has 0 aliphatic rings. The monoisotopic (exact) mass is 200 g/mol. The molecular formula is C10H10ClFO. The van der Waals surface area contributed by atoms with Gasteiger partial charge in [0.25, 0.3) is 0 Å². The van der Waals surface area contributed by atoms with E-state index >= 15 is 0 Å². The maximum Gasteiger partial charge on any atom is 0.144 e.